The fraction of sp³-hybridized carbons (Fsp3) is 0.588. The number of hydrogen-bond acceptors (Lipinski definition) is 2. The van der Waals surface area contributed by atoms with Crippen molar-refractivity contribution >= 4 is 6.03 Å². The van der Waals surface area contributed by atoms with Gasteiger partial charge in [-0.05, 0) is 24.3 Å². The predicted octanol–water partition coefficient (Wildman–Crippen LogP) is 2.99. The molecule has 2 amide bonds. The summed E-state index contributed by atoms with van der Waals surface area (Å²) in [6.07, 6.45) is 3.32. The molecular weight excluding hydrogens is 264 g/mol. The molecule has 4 nitrogen and oxygen atoms in total. The molecular formula is C17H26N2O2. The fourth-order valence-electron chi connectivity index (χ4n) is 2.93. The molecule has 3 N–H and O–H groups in total. The summed E-state index contributed by atoms with van der Waals surface area (Å²) in [5.74, 6) is 0.300. The number of benzene rings is 1. The highest BCUT2D eigenvalue weighted by molar-refractivity contribution is 5.75. The van der Waals surface area contributed by atoms with E-state index in [1.807, 2.05) is 30.3 Å². The summed E-state index contributed by atoms with van der Waals surface area (Å²) in [5, 5.41) is 15.9. The van der Waals surface area contributed by atoms with E-state index in [0.717, 1.165) is 31.2 Å². The number of amides is 2. The highest BCUT2D eigenvalue weighted by Crippen LogP contribution is 2.22. The second-order valence-electron chi connectivity index (χ2n) is 6.21. The number of carbonyl (C=O) groups is 1. The molecule has 0 aromatic heterocycles. The summed E-state index contributed by atoms with van der Waals surface area (Å²) in [5.41, 5.74) is 1.10. The van der Waals surface area contributed by atoms with Crippen LogP contribution in [0.2, 0.25) is 0 Å². The fourth-order valence-corrected chi connectivity index (χ4v) is 2.93. The van der Waals surface area contributed by atoms with Crippen LogP contribution in [-0.2, 0) is 0 Å². The zero-order valence-electron chi connectivity index (χ0n) is 12.9. The molecule has 1 aliphatic rings. The van der Waals surface area contributed by atoms with Crippen molar-refractivity contribution in [2.45, 2.75) is 57.7 Å². The molecule has 1 aromatic rings. The zero-order valence-corrected chi connectivity index (χ0v) is 12.9. The number of nitrogens with one attached hydrogen (secondary N) is 2. The molecule has 4 heteroatoms. The topological polar surface area (TPSA) is 61.4 Å². The Balaban J connectivity index is 1.95. The van der Waals surface area contributed by atoms with E-state index < -0.39 is 6.10 Å². The molecule has 1 aliphatic carbocycles. The number of aliphatic hydroxyl groups excluding tert-OH is 1. The van der Waals surface area contributed by atoms with E-state index in [1.165, 1.54) is 0 Å². The van der Waals surface area contributed by atoms with Crippen LogP contribution < -0.4 is 10.6 Å². The van der Waals surface area contributed by atoms with E-state index in [-0.39, 0.29) is 18.1 Å². The minimum Gasteiger partial charge on any atom is -0.391 e. The lowest BCUT2D eigenvalue weighted by molar-refractivity contribution is 0.0938. The Labute approximate surface area is 126 Å². The monoisotopic (exact) mass is 290 g/mol. The lowest BCUT2D eigenvalue weighted by Crippen LogP contribution is -2.50. The van der Waals surface area contributed by atoms with Crippen LogP contribution in [-0.4, -0.2) is 23.3 Å². The van der Waals surface area contributed by atoms with E-state index in [1.54, 1.807) is 0 Å². The number of urea groups is 1. The van der Waals surface area contributed by atoms with Gasteiger partial charge >= 0.3 is 6.03 Å². The van der Waals surface area contributed by atoms with Crippen LogP contribution in [0.25, 0.3) is 0 Å². The van der Waals surface area contributed by atoms with Gasteiger partial charge in [-0.2, -0.15) is 0 Å². The Hall–Kier alpha value is -1.55. The Morgan fingerprint density at radius 3 is 2.48 bits per heavy atom. The van der Waals surface area contributed by atoms with Crippen molar-refractivity contribution in [2.75, 3.05) is 0 Å². The van der Waals surface area contributed by atoms with E-state index >= 15 is 0 Å². The van der Waals surface area contributed by atoms with Gasteiger partial charge in [0, 0.05) is 0 Å². The Morgan fingerprint density at radius 2 is 1.86 bits per heavy atom. The van der Waals surface area contributed by atoms with Crippen molar-refractivity contribution in [3.8, 4) is 0 Å². The SMILES string of the molecule is CC(C)C(NC(=O)NC1CCCCC1O)c1ccccc1. The first-order valence-corrected chi connectivity index (χ1v) is 7.88. The van der Waals surface area contributed by atoms with Crippen LogP contribution in [0, 0.1) is 5.92 Å². The van der Waals surface area contributed by atoms with Gasteiger partial charge in [0.15, 0.2) is 0 Å². The Kier molecular flexibility index (Phi) is 5.62. The first-order valence-electron chi connectivity index (χ1n) is 7.88. The molecule has 116 valence electrons. The first-order chi connectivity index (χ1) is 10.1. The third-order valence-electron chi connectivity index (χ3n) is 4.16. The minimum absolute atomic E-state index is 0.0214. The second-order valence-corrected chi connectivity index (χ2v) is 6.21. The quantitative estimate of drug-likeness (QED) is 0.798. The highest BCUT2D eigenvalue weighted by atomic mass is 16.3. The highest BCUT2D eigenvalue weighted by Gasteiger charge is 2.26. The molecule has 1 fully saturated rings. The van der Waals surface area contributed by atoms with Crippen molar-refractivity contribution in [1.29, 1.82) is 0 Å². The first kappa shape index (κ1) is 15.8. The average molecular weight is 290 g/mol. The third kappa shape index (κ3) is 4.46. The summed E-state index contributed by atoms with van der Waals surface area (Å²) >= 11 is 0. The van der Waals surface area contributed by atoms with Gasteiger partial charge in [0.25, 0.3) is 0 Å². The molecule has 1 saturated carbocycles. The second kappa shape index (κ2) is 7.46. The molecule has 0 aliphatic heterocycles. The zero-order chi connectivity index (χ0) is 15.2. The molecule has 0 radical (unpaired) electrons. The molecule has 0 spiro atoms. The average Bonchev–Trinajstić information content (AvgIpc) is 2.48. The maximum atomic E-state index is 12.2. The van der Waals surface area contributed by atoms with Gasteiger partial charge in [0.05, 0.1) is 18.2 Å². The molecule has 1 aromatic carbocycles. The van der Waals surface area contributed by atoms with Crippen LogP contribution in [0.4, 0.5) is 4.79 Å². The Bertz CT molecular complexity index is 447. The largest absolute Gasteiger partial charge is 0.391 e. The summed E-state index contributed by atoms with van der Waals surface area (Å²) in [6.45, 7) is 4.18. The van der Waals surface area contributed by atoms with Crippen LogP contribution in [0.1, 0.15) is 51.1 Å². The standard InChI is InChI=1S/C17H26N2O2/c1-12(2)16(13-8-4-3-5-9-13)19-17(21)18-14-10-6-7-11-15(14)20/h3-5,8-9,12,14-16,20H,6-7,10-11H2,1-2H3,(H2,18,19,21). The van der Waals surface area contributed by atoms with Gasteiger partial charge < -0.3 is 15.7 Å². The summed E-state index contributed by atoms with van der Waals surface area (Å²) < 4.78 is 0. The van der Waals surface area contributed by atoms with Gasteiger partial charge in [0.2, 0.25) is 0 Å². The molecule has 3 atom stereocenters. The molecule has 0 bridgehead atoms. The molecule has 0 heterocycles. The maximum absolute atomic E-state index is 12.2. The van der Waals surface area contributed by atoms with Crippen LogP contribution >= 0.6 is 0 Å². The maximum Gasteiger partial charge on any atom is 0.315 e. The van der Waals surface area contributed by atoms with Gasteiger partial charge in [-0.1, -0.05) is 57.0 Å². The van der Waals surface area contributed by atoms with Crippen molar-refractivity contribution in [1.82, 2.24) is 10.6 Å². The van der Waals surface area contributed by atoms with Crippen LogP contribution in [0.15, 0.2) is 30.3 Å². The van der Waals surface area contributed by atoms with Gasteiger partial charge in [-0.15, -0.1) is 0 Å². The lowest BCUT2D eigenvalue weighted by atomic mass is 9.92. The minimum atomic E-state index is -0.418. The number of carbonyl (C=O) groups excluding carboxylic acids is 1. The normalized spacial score (nSPS) is 23.6. The molecule has 21 heavy (non-hydrogen) atoms. The predicted molar refractivity (Wildman–Crippen MR) is 84.0 cm³/mol. The van der Waals surface area contributed by atoms with Crippen molar-refractivity contribution in [2.24, 2.45) is 5.92 Å². The Morgan fingerprint density at radius 1 is 1.19 bits per heavy atom. The van der Waals surface area contributed by atoms with Crippen molar-refractivity contribution in [3.63, 3.8) is 0 Å². The smallest absolute Gasteiger partial charge is 0.315 e. The van der Waals surface area contributed by atoms with Gasteiger partial charge in [-0.25, -0.2) is 4.79 Å². The van der Waals surface area contributed by atoms with Crippen LogP contribution in [0.5, 0.6) is 0 Å². The molecule has 0 saturated heterocycles. The van der Waals surface area contributed by atoms with E-state index in [4.69, 9.17) is 0 Å². The van der Waals surface area contributed by atoms with Crippen molar-refractivity contribution in [3.05, 3.63) is 35.9 Å². The van der Waals surface area contributed by atoms with Gasteiger partial charge in [-0.3, -0.25) is 0 Å². The summed E-state index contributed by atoms with van der Waals surface area (Å²) in [7, 11) is 0. The summed E-state index contributed by atoms with van der Waals surface area (Å²) in [4.78, 5) is 12.2. The van der Waals surface area contributed by atoms with E-state index in [0.29, 0.717) is 5.92 Å². The number of rotatable bonds is 4. The van der Waals surface area contributed by atoms with E-state index in [2.05, 4.69) is 24.5 Å². The van der Waals surface area contributed by atoms with E-state index in [9.17, 15) is 9.90 Å². The van der Waals surface area contributed by atoms with Crippen LogP contribution in [0.3, 0.4) is 0 Å². The molecule has 2 rings (SSSR count). The van der Waals surface area contributed by atoms with Crippen molar-refractivity contribution < 1.29 is 9.90 Å². The molecule has 3 unspecified atom stereocenters. The number of aliphatic hydroxyl groups is 1. The third-order valence-corrected chi connectivity index (χ3v) is 4.16. The summed E-state index contributed by atoms with van der Waals surface area (Å²) in [6, 6.07) is 9.66. The van der Waals surface area contributed by atoms with Gasteiger partial charge in [0.1, 0.15) is 0 Å². The number of hydrogen-bond donors (Lipinski definition) is 3. The lowest BCUT2D eigenvalue weighted by Gasteiger charge is -2.30.